The summed E-state index contributed by atoms with van der Waals surface area (Å²) in [5.74, 6) is 0.153. The van der Waals surface area contributed by atoms with Crippen LogP contribution in [-0.4, -0.2) is 53.9 Å². The van der Waals surface area contributed by atoms with Crippen molar-refractivity contribution in [3.05, 3.63) is 21.0 Å². The minimum absolute atomic E-state index is 0.125. The van der Waals surface area contributed by atoms with Crippen LogP contribution in [0.1, 0.15) is 12.8 Å². The molecular formula is C13H19BrN4O3. The maximum Gasteiger partial charge on any atom is 0.283 e. The molecule has 116 valence electrons. The number of carbonyl (C=O) groups is 1. The maximum absolute atomic E-state index is 12.1. The van der Waals surface area contributed by atoms with Crippen LogP contribution in [-0.2, 0) is 16.1 Å². The minimum atomic E-state index is -0.197. The van der Waals surface area contributed by atoms with Crippen molar-refractivity contribution >= 4 is 27.5 Å². The summed E-state index contributed by atoms with van der Waals surface area (Å²) < 4.78 is 6.75. The van der Waals surface area contributed by atoms with Crippen LogP contribution < -0.4 is 10.9 Å². The lowest BCUT2D eigenvalue weighted by Gasteiger charge is -2.30. The number of rotatable bonds is 5. The topological polar surface area (TPSA) is 76.5 Å². The third-order valence-corrected chi connectivity index (χ3v) is 4.24. The van der Waals surface area contributed by atoms with E-state index in [9.17, 15) is 9.59 Å². The number of aromatic nitrogens is 2. The van der Waals surface area contributed by atoms with Crippen molar-refractivity contribution in [2.45, 2.75) is 25.4 Å². The molecule has 1 N–H and O–H groups in total. The number of methoxy groups -OCH3 is 1. The van der Waals surface area contributed by atoms with Gasteiger partial charge in [0.1, 0.15) is 4.47 Å². The van der Waals surface area contributed by atoms with E-state index in [0.29, 0.717) is 36.3 Å². The van der Waals surface area contributed by atoms with Gasteiger partial charge >= 0.3 is 0 Å². The predicted octanol–water partition coefficient (Wildman–Crippen LogP) is 0.685. The molecule has 1 aliphatic rings. The van der Waals surface area contributed by atoms with Crippen molar-refractivity contribution in [3.8, 4) is 0 Å². The summed E-state index contributed by atoms with van der Waals surface area (Å²) in [6.45, 7) is 1.47. The molecule has 1 unspecified atom stereocenters. The van der Waals surface area contributed by atoms with Gasteiger partial charge in [-0.2, -0.15) is 5.10 Å². The first-order chi connectivity index (χ1) is 10.0. The Morgan fingerprint density at radius 1 is 1.52 bits per heavy atom. The number of nitrogens with zero attached hydrogens (tertiary/aromatic N) is 3. The van der Waals surface area contributed by atoms with Crippen molar-refractivity contribution in [2.75, 3.05) is 32.6 Å². The van der Waals surface area contributed by atoms with E-state index in [0.717, 1.165) is 6.42 Å². The normalized spacial score (nSPS) is 18.9. The first kappa shape index (κ1) is 16.0. The Labute approximate surface area is 131 Å². The van der Waals surface area contributed by atoms with Crippen molar-refractivity contribution < 1.29 is 9.53 Å². The zero-order chi connectivity index (χ0) is 15.4. The van der Waals surface area contributed by atoms with Crippen LogP contribution in [0.25, 0.3) is 0 Å². The fourth-order valence-corrected chi connectivity index (χ4v) is 2.67. The number of hydrogen-bond donors (Lipinski definition) is 1. The quantitative estimate of drug-likeness (QED) is 0.837. The van der Waals surface area contributed by atoms with Gasteiger partial charge in [-0.15, -0.1) is 0 Å². The molecule has 0 spiro atoms. The van der Waals surface area contributed by atoms with E-state index >= 15 is 0 Å². The molecule has 2 rings (SSSR count). The lowest BCUT2D eigenvalue weighted by Crippen LogP contribution is -2.43. The molecule has 21 heavy (non-hydrogen) atoms. The van der Waals surface area contributed by atoms with Crippen LogP contribution >= 0.6 is 15.9 Å². The van der Waals surface area contributed by atoms with Gasteiger partial charge in [0.2, 0.25) is 5.91 Å². The number of anilines is 1. The molecule has 1 saturated heterocycles. The van der Waals surface area contributed by atoms with Crippen LogP contribution in [0.2, 0.25) is 0 Å². The van der Waals surface area contributed by atoms with E-state index in [2.05, 4.69) is 26.3 Å². The van der Waals surface area contributed by atoms with Gasteiger partial charge in [0, 0.05) is 33.2 Å². The Morgan fingerprint density at radius 2 is 2.29 bits per heavy atom. The average molecular weight is 359 g/mol. The van der Waals surface area contributed by atoms with Gasteiger partial charge < -0.3 is 15.0 Å². The van der Waals surface area contributed by atoms with Gasteiger partial charge in [-0.05, 0) is 22.4 Å². The Kier molecular flexibility index (Phi) is 5.35. The highest BCUT2D eigenvalue weighted by Crippen LogP contribution is 2.20. The van der Waals surface area contributed by atoms with Gasteiger partial charge in [-0.3, -0.25) is 9.59 Å². The summed E-state index contributed by atoms with van der Waals surface area (Å²) in [6.07, 6.45) is 2.89. The van der Waals surface area contributed by atoms with Crippen LogP contribution in [0.5, 0.6) is 0 Å². The van der Waals surface area contributed by atoms with Crippen LogP contribution in [0, 0.1) is 0 Å². The highest BCUT2D eigenvalue weighted by molar-refractivity contribution is 9.10. The molecule has 1 amide bonds. The average Bonchev–Trinajstić information content (AvgIpc) is 2.47. The number of hydrogen-bond acceptors (Lipinski definition) is 5. The van der Waals surface area contributed by atoms with Crippen LogP contribution in [0.4, 0.5) is 5.69 Å². The van der Waals surface area contributed by atoms with E-state index in [-0.39, 0.29) is 17.5 Å². The molecule has 1 aromatic heterocycles. The molecule has 0 aliphatic carbocycles. The first-order valence-corrected chi connectivity index (χ1v) is 7.57. The number of likely N-dealkylation sites (tertiary alicyclic amines) is 1. The van der Waals surface area contributed by atoms with Crippen molar-refractivity contribution in [1.29, 1.82) is 0 Å². The Bertz CT molecular complexity index is 575. The number of nitrogens with one attached hydrogen (secondary N) is 1. The fourth-order valence-electron chi connectivity index (χ4n) is 2.25. The Hall–Kier alpha value is -1.41. The maximum atomic E-state index is 12.1. The minimum Gasteiger partial charge on any atom is -0.383 e. The summed E-state index contributed by atoms with van der Waals surface area (Å²) in [7, 11) is 3.36. The molecule has 2 heterocycles. The fraction of sp³-hybridized carbons (Fsp3) is 0.615. The largest absolute Gasteiger partial charge is 0.383 e. The Morgan fingerprint density at radius 3 is 2.95 bits per heavy atom. The molecule has 1 atom stereocenters. The third kappa shape index (κ3) is 3.82. The van der Waals surface area contributed by atoms with Crippen LogP contribution in [0.3, 0.4) is 0 Å². The summed E-state index contributed by atoms with van der Waals surface area (Å²) in [6, 6.07) is 0.125. The zero-order valence-electron chi connectivity index (χ0n) is 12.1. The van der Waals surface area contributed by atoms with E-state index in [1.807, 2.05) is 0 Å². The highest BCUT2D eigenvalue weighted by atomic mass is 79.9. The van der Waals surface area contributed by atoms with Crippen molar-refractivity contribution in [3.63, 3.8) is 0 Å². The van der Waals surface area contributed by atoms with Crippen LogP contribution in [0.15, 0.2) is 15.5 Å². The molecule has 0 radical (unpaired) electrons. The number of likely N-dealkylation sites (N-methyl/N-ethyl adjacent to an activating group) is 1. The van der Waals surface area contributed by atoms with E-state index in [1.54, 1.807) is 25.3 Å². The van der Waals surface area contributed by atoms with E-state index in [1.165, 1.54) is 4.68 Å². The van der Waals surface area contributed by atoms with Gasteiger partial charge in [-0.25, -0.2) is 4.68 Å². The lowest BCUT2D eigenvalue weighted by atomic mass is 10.1. The second kappa shape index (κ2) is 7.04. The Balaban J connectivity index is 2.09. The number of ether oxygens (including phenoxy) is 1. The standard InChI is InChI=1S/C13H19BrN4O3/c1-17-8-9(3-4-11(17)19)16-10-7-15-18(5-6-21-2)13(20)12(10)14/h7,9,16H,3-6,8H2,1-2H3. The molecule has 0 saturated carbocycles. The molecular weight excluding hydrogens is 340 g/mol. The first-order valence-electron chi connectivity index (χ1n) is 6.78. The second-order valence-corrected chi connectivity index (χ2v) is 5.84. The highest BCUT2D eigenvalue weighted by Gasteiger charge is 2.23. The van der Waals surface area contributed by atoms with Crippen molar-refractivity contribution in [1.82, 2.24) is 14.7 Å². The van der Waals surface area contributed by atoms with Gasteiger partial charge in [0.15, 0.2) is 0 Å². The van der Waals surface area contributed by atoms with Gasteiger partial charge in [0.25, 0.3) is 5.56 Å². The molecule has 1 aliphatic heterocycles. The predicted molar refractivity (Wildman–Crippen MR) is 82.4 cm³/mol. The number of halogens is 1. The SMILES string of the molecule is COCCn1ncc(NC2CCC(=O)N(C)C2)c(Br)c1=O. The van der Waals surface area contributed by atoms with Gasteiger partial charge in [-0.1, -0.05) is 0 Å². The molecule has 1 aromatic rings. The van der Waals surface area contributed by atoms with Crippen molar-refractivity contribution in [2.24, 2.45) is 0 Å². The van der Waals surface area contributed by atoms with E-state index in [4.69, 9.17) is 4.74 Å². The number of piperidine rings is 1. The summed E-state index contributed by atoms with van der Waals surface area (Å²) in [5.41, 5.74) is 0.457. The summed E-state index contributed by atoms with van der Waals surface area (Å²) >= 11 is 3.32. The molecule has 0 aromatic carbocycles. The molecule has 7 nitrogen and oxygen atoms in total. The lowest BCUT2D eigenvalue weighted by molar-refractivity contribution is -0.132. The summed E-state index contributed by atoms with van der Waals surface area (Å²) in [4.78, 5) is 25.3. The second-order valence-electron chi connectivity index (χ2n) is 5.05. The number of amides is 1. The monoisotopic (exact) mass is 358 g/mol. The van der Waals surface area contributed by atoms with E-state index < -0.39 is 0 Å². The smallest absolute Gasteiger partial charge is 0.283 e. The third-order valence-electron chi connectivity index (χ3n) is 3.48. The molecule has 8 heteroatoms. The molecule has 0 bridgehead atoms. The number of carbonyl (C=O) groups excluding carboxylic acids is 1. The molecule has 1 fully saturated rings. The zero-order valence-corrected chi connectivity index (χ0v) is 13.7. The van der Waals surface area contributed by atoms with Gasteiger partial charge in [0.05, 0.1) is 25.0 Å². The summed E-state index contributed by atoms with van der Waals surface area (Å²) in [5, 5.41) is 7.40.